The lowest BCUT2D eigenvalue weighted by Crippen LogP contribution is -2.60. The van der Waals surface area contributed by atoms with Gasteiger partial charge in [0.15, 0.2) is 6.61 Å². The first-order chi connectivity index (χ1) is 66.3. The first kappa shape index (κ1) is 105. The number of benzene rings is 5. The Morgan fingerprint density at radius 2 is 0.613 bits per heavy atom. The number of ether oxygens (including phenoxy) is 1. The number of carbonyl (C=O) groups excluding carboxylic acids is 14. The molecule has 11 rings (SSSR count). The number of nitrogens with two attached hydrogens (primary N) is 6. The van der Waals surface area contributed by atoms with Gasteiger partial charge in [-0.25, -0.2) is 4.79 Å². The van der Waals surface area contributed by atoms with Crippen molar-refractivity contribution in [2.24, 2.45) is 58.1 Å². The monoisotopic (exact) mass is 1900 g/mol. The number of carboxylic acid groups (broad SMARTS) is 1. The van der Waals surface area contributed by atoms with Gasteiger partial charge in [-0.1, -0.05) is 121 Å². The predicted octanol–water partition coefficient (Wildman–Crippen LogP) is 0.492. The average molecular weight is 1900 g/mol. The molecule has 6 fully saturated rings. The highest BCUT2D eigenvalue weighted by Crippen LogP contribution is 2.45. The van der Waals surface area contributed by atoms with E-state index in [1.54, 1.807) is 0 Å². The van der Waals surface area contributed by atoms with Crippen molar-refractivity contribution in [3.63, 3.8) is 0 Å². The number of hydrogen-bond acceptors (Lipinski definition) is 23. The summed E-state index contributed by atoms with van der Waals surface area (Å²) in [6.07, 6.45) is 7.26. The number of nitrogens with one attached hydrogen (secondary N) is 12. The van der Waals surface area contributed by atoms with Crippen molar-refractivity contribution < 1.29 is 86.9 Å². The average Bonchev–Trinajstić information content (AvgIpc) is 1.61. The molecule has 14 amide bonds. The highest BCUT2D eigenvalue weighted by molar-refractivity contribution is 6.03. The minimum atomic E-state index is -1.77. The number of carbonyl (C=O) groups is 15. The molecule has 137 heavy (non-hydrogen) atoms. The lowest BCUT2D eigenvalue weighted by atomic mass is 9.94. The fourth-order valence-corrected chi connectivity index (χ4v) is 18.2. The van der Waals surface area contributed by atoms with Crippen LogP contribution in [0.3, 0.4) is 0 Å². The van der Waals surface area contributed by atoms with E-state index in [0.717, 1.165) is 22.3 Å². The van der Waals surface area contributed by atoms with Gasteiger partial charge in [0.2, 0.25) is 65.0 Å². The van der Waals surface area contributed by atoms with E-state index in [2.05, 4.69) is 63.8 Å². The summed E-state index contributed by atoms with van der Waals surface area (Å²) in [4.78, 5) is 219. The maximum atomic E-state index is 15.4. The van der Waals surface area contributed by atoms with Crippen LogP contribution in [0.4, 0.5) is 0 Å². The number of aliphatic hydroxyl groups is 1. The zero-order chi connectivity index (χ0) is 98.0. The Bertz CT molecular complexity index is 4760. The van der Waals surface area contributed by atoms with Gasteiger partial charge in [0.05, 0.1) is 42.4 Å². The number of rotatable bonds is 58. The number of unbranched alkanes of at least 4 members (excludes halogenated alkanes) is 6. The molecule has 2 saturated heterocycles. The Labute approximate surface area is 798 Å². The second-order valence-corrected chi connectivity index (χ2v) is 36.8. The minimum Gasteiger partial charge on any atom is -0.483 e. The van der Waals surface area contributed by atoms with Gasteiger partial charge >= 0.3 is 5.97 Å². The van der Waals surface area contributed by atoms with Crippen LogP contribution >= 0.6 is 0 Å². The molecule has 2 heterocycles. The number of aliphatic hydroxyl groups excluding tert-OH is 1. The minimum absolute atomic E-state index is 0.00226. The molecule has 5 aromatic carbocycles. The van der Waals surface area contributed by atoms with Crippen molar-refractivity contribution in [2.75, 3.05) is 85.2 Å². The second-order valence-electron chi connectivity index (χ2n) is 36.8. The molecule has 4 saturated carbocycles. The van der Waals surface area contributed by atoms with E-state index in [1.807, 2.05) is 121 Å². The van der Waals surface area contributed by atoms with Gasteiger partial charge in [-0.3, -0.25) is 67.1 Å². The molecule has 5 aromatic rings. The van der Waals surface area contributed by atoms with Crippen LogP contribution < -0.4 is 103 Å². The fourth-order valence-electron chi connectivity index (χ4n) is 18.2. The molecule has 26 N–H and O–H groups in total. The lowest BCUT2D eigenvalue weighted by Gasteiger charge is -2.28. The van der Waals surface area contributed by atoms with Gasteiger partial charge in [0.25, 0.3) is 17.7 Å². The predicted molar refractivity (Wildman–Crippen MR) is 509 cm³/mol. The summed E-state index contributed by atoms with van der Waals surface area (Å²) >= 11 is 0. The molecule has 6 aliphatic rings. The first-order valence-electron chi connectivity index (χ1n) is 48.5. The Kier molecular flexibility index (Phi) is 40.5. The molecule has 0 radical (unpaired) electrons. The number of likely N-dealkylation sites (tertiary alicyclic amines) is 2. The van der Waals surface area contributed by atoms with E-state index in [1.165, 1.54) is 28.0 Å². The normalized spacial score (nSPS) is 21.9. The molecule has 38 nitrogen and oxygen atoms in total. The summed E-state index contributed by atoms with van der Waals surface area (Å²) < 4.78 is 6.21. The third-order valence-electron chi connectivity index (χ3n) is 26.5. The smallest absolute Gasteiger partial charge is 0.326 e. The third kappa shape index (κ3) is 31.1. The van der Waals surface area contributed by atoms with Crippen LogP contribution in [-0.4, -0.2) is 260 Å². The zero-order valence-electron chi connectivity index (χ0n) is 77.8. The fraction of sp³-hybridized carbons (Fsp3) is 0.545. The Morgan fingerprint density at radius 3 is 0.898 bits per heavy atom. The zero-order valence-corrected chi connectivity index (χ0v) is 77.8. The Hall–Kier alpha value is -12.3. The van der Waals surface area contributed by atoms with Crippen LogP contribution in [0, 0.1) is 23.7 Å². The Balaban J connectivity index is 0.776. The van der Waals surface area contributed by atoms with Crippen molar-refractivity contribution in [3.8, 4) is 5.75 Å². The van der Waals surface area contributed by atoms with E-state index in [-0.39, 0.29) is 175 Å². The number of amides is 14. The molecule has 38 heteroatoms. The molecule has 2 aliphatic heterocycles. The molecule has 0 aromatic heterocycles. The van der Waals surface area contributed by atoms with Gasteiger partial charge in [0, 0.05) is 79.6 Å². The van der Waals surface area contributed by atoms with Gasteiger partial charge < -0.3 is 123 Å². The van der Waals surface area contributed by atoms with Crippen LogP contribution in [0.15, 0.2) is 140 Å². The van der Waals surface area contributed by atoms with Crippen LogP contribution in [0.1, 0.15) is 208 Å². The molecule has 742 valence electrons. The third-order valence-corrected chi connectivity index (χ3v) is 26.5. The van der Waals surface area contributed by atoms with Gasteiger partial charge in [-0.05, 0) is 221 Å². The number of carboxylic acids is 1. The van der Waals surface area contributed by atoms with Crippen molar-refractivity contribution >= 4 is 88.7 Å². The number of aliphatic carboxylic acids is 1. The molecule has 19 atom stereocenters. The summed E-state index contributed by atoms with van der Waals surface area (Å²) in [5, 5.41) is 54.1. The van der Waals surface area contributed by atoms with E-state index in [9.17, 15) is 72.5 Å². The second kappa shape index (κ2) is 52.8. The van der Waals surface area contributed by atoms with Crippen LogP contribution in [0.5, 0.6) is 5.75 Å². The van der Waals surface area contributed by atoms with Crippen molar-refractivity contribution in [1.29, 1.82) is 0 Å². The lowest BCUT2D eigenvalue weighted by molar-refractivity contribution is -0.142. The standard InChI is InChI=1S/C99H138N20O18/c100-41-19-13-33-73(91(127)109-75(35-15-21-43-102)93(129)111-77(37-17-23-45-104)95(131)113-78(99(135)136)38-18-24-46-105)108-92(128)74(34-14-20-42-101)110-94(130)76(36-16-22-44-103)112-96(132)83(57-120)107-85(121)52-106-86(122)58-137-84-47-63(97(133)118-53-69(87(123)114-79-48-65(79)59-25-5-1-6-26-59)70(54-118)88(124)115-80-49-66(80)60-27-7-2-8-28-60)39-40-64(84)98(134)119-55-71(89(125)116-81-50-67(81)61-29-9-3-10-30-61)72(56-119)90(126)117-82-51-68(82)62-31-11-4-12-32-62/h1-12,25-32,39-40,47,65-83,120H,13-24,33-38,41-46,48-58,100-105H2,(H,106,122)(H,107,121)(H,108,128)(H,109,127)(H,110,130)(H,111,129)(H,112,132)(H,113,131)(H,114,123)(H,115,124)(H,116,125)(H,117,126)(H,135,136)/t65-,66-,67-,68-,69-,70-,71-,72-,73+,74+,75+,76+,77+,78+,79+,80+,81+,82+,83+/m1/s1. The summed E-state index contributed by atoms with van der Waals surface area (Å²) in [6, 6.07) is 32.1. The summed E-state index contributed by atoms with van der Waals surface area (Å²) in [7, 11) is 0. The van der Waals surface area contributed by atoms with Crippen LogP contribution in [-0.2, 0) is 62.3 Å². The first-order valence-corrected chi connectivity index (χ1v) is 48.5. The summed E-state index contributed by atoms with van der Waals surface area (Å²) in [6.45, 7) is -2.24. The molecule has 0 bridgehead atoms. The summed E-state index contributed by atoms with van der Waals surface area (Å²) in [5.74, 6) is -15.7. The van der Waals surface area contributed by atoms with E-state index in [4.69, 9.17) is 39.1 Å². The van der Waals surface area contributed by atoms with Crippen LogP contribution in [0.2, 0.25) is 0 Å². The quantitative estimate of drug-likeness (QED) is 0.0236. The number of nitrogens with zero attached hydrogens (tertiary/aromatic N) is 2. The maximum Gasteiger partial charge on any atom is 0.326 e. The van der Waals surface area contributed by atoms with Gasteiger partial charge in [0.1, 0.15) is 48.0 Å². The van der Waals surface area contributed by atoms with E-state index < -0.39 is 174 Å². The highest BCUT2D eigenvalue weighted by atomic mass is 16.5. The van der Waals surface area contributed by atoms with E-state index >= 15 is 9.59 Å². The number of hydrogen-bond donors (Lipinski definition) is 20. The van der Waals surface area contributed by atoms with Crippen molar-refractivity contribution in [3.05, 3.63) is 173 Å². The molecular formula is C99H138N20O18. The maximum absolute atomic E-state index is 15.4. The van der Waals surface area contributed by atoms with Crippen molar-refractivity contribution in [1.82, 2.24) is 73.6 Å². The largest absolute Gasteiger partial charge is 0.483 e. The molecule has 0 spiro atoms. The molecular weight excluding hydrogens is 1760 g/mol. The summed E-state index contributed by atoms with van der Waals surface area (Å²) in [5.41, 5.74) is 38.8. The van der Waals surface area contributed by atoms with Crippen molar-refractivity contribution in [2.45, 2.75) is 231 Å². The van der Waals surface area contributed by atoms with Gasteiger partial charge in [-0.15, -0.1) is 0 Å². The van der Waals surface area contributed by atoms with Gasteiger partial charge in [-0.2, -0.15) is 0 Å². The van der Waals surface area contributed by atoms with Crippen LogP contribution in [0.25, 0.3) is 0 Å². The Morgan fingerprint density at radius 1 is 0.336 bits per heavy atom. The highest BCUT2D eigenvalue weighted by Gasteiger charge is 2.52. The topological polar surface area (TPSA) is 613 Å². The molecule has 4 aliphatic carbocycles. The SMILES string of the molecule is NCCCC[C@H](NC(=O)[C@H](CCCCN)NC(=O)[C@H](CCCCN)NC(=O)[C@H](CCCCN)NC(=O)[C@H](CCCCN)NC(=O)[C@H](CCCCN)NC(=O)[C@H](CO)NC(=O)CNC(=O)COc1cc(C(=O)N2C[C@@H](C(=O)N[C@H]3C[C@@H]3c3ccccc3)[C@H](C(=O)N[C@H]3C[C@@H]3c3ccccc3)C2)ccc1C(=O)N1C[C@@H](C(=O)N[C@H]2C[C@@H]2c2ccccc2)[C@H](C(=O)N[C@H]2C[C@@H]2c2ccccc2)C1)C(=O)O. The molecule has 0 unspecified atom stereocenters. The van der Waals surface area contributed by atoms with E-state index in [0.29, 0.717) is 96.4 Å².